The monoisotopic (exact) mass is 169 g/mol. The lowest BCUT2D eigenvalue weighted by atomic mass is 10.2. The van der Waals surface area contributed by atoms with Crippen molar-refractivity contribution in [1.82, 2.24) is 15.0 Å². The Balaban J connectivity index is 2.87. The highest BCUT2D eigenvalue weighted by Gasteiger charge is 2.16. The number of hydrogen-bond acceptors (Lipinski definition) is 4. The maximum absolute atomic E-state index is 10.8. The summed E-state index contributed by atoms with van der Waals surface area (Å²) < 4.78 is 0. The van der Waals surface area contributed by atoms with E-state index in [1.165, 1.54) is 11.0 Å². The Morgan fingerprint density at radius 1 is 1.83 bits per heavy atom. The number of carbonyl (C=O) groups is 1. The van der Waals surface area contributed by atoms with Gasteiger partial charge in [0.15, 0.2) is 5.82 Å². The van der Waals surface area contributed by atoms with Gasteiger partial charge in [0, 0.05) is 0 Å². The van der Waals surface area contributed by atoms with E-state index in [0.29, 0.717) is 6.42 Å². The lowest BCUT2D eigenvalue weighted by molar-refractivity contribution is -0.121. The molecule has 1 heterocycles. The summed E-state index contributed by atoms with van der Waals surface area (Å²) >= 11 is 0. The fourth-order valence-electron chi connectivity index (χ4n) is 0.917. The standard InChI is InChI=1S/C6H11N5O/c1-2-4(6(8)12)11-9-3-5(7)10-11/h3-4H,2H2,1H3,(H2,7,10)(H2,8,12). The zero-order valence-electron chi connectivity index (χ0n) is 6.77. The van der Waals surface area contributed by atoms with Crippen LogP contribution in [0.5, 0.6) is 0 Å². The Hall–Kier alpha value is -1.59. The van der Waals surface area contributed by atoms with E-state index >= 15 is 0 Å². The van der Waals surface area contributed by atoms with Gasteiger partial charge in [-0.15, -0.1) is 5.10 Å². The molecule has 12 heavy (non-hydrogen) atoms. The highest BCUT2D eigenvalue weighted by Crippen LogP contribution is 2.07. The van der Waals surface area contributed by atoms with E-state index in [0.717, 1.165) is 0 Å². The van der Waals surface area contributed by atoms with Gasteiger partial charge in [0.05, 0.1) is 6.20 Å². The van der Waals surface area contributed by atoms with Crippen LogP contribution >= 0.6 is 0 Å². The van der Waals surface area contributed by atoms with Crippen molar-refractivity contribution in [2.24, 2.45) is 5.73 Å². The number of hydrogen-bond donors (Lipinski definition) is 2. The van der Waals surface area contributed by atoms with Gasteiger partial charge >= 0.3 is 0 Å². The quantitative estimate of drug-likeness (QED) is 0.624. The Morgan fingerprint density at radius 3 is 2.83 bits per heavy atom. The van der Waals surface area contributed by atoms with E-state index < -0.39 is 11.9 Å². The number of nitrogens with two attached hydrogens (primary N) is 2. The molecule has 1 amide bonds. The summed E-state index contributed by atoms with van der Waals surface area (Å²) in [4.78, 5) is 12.1. The zero-order chi connectivity index (χ0) is 9.14. The van der Waals surface area contributed by atoms with E-state index in [1.807, 2.05) is 6.92 Å². The minimum atomic E-state index is -0.498. The SMILES string of the molecule is CCC(C(N)=O)n1ncc(N)n1. The van der Waals surface area contributed by atoms with Crippen LogP contribution < -0.4 is 11.5 Å². The number of anilines is 1. The van der Waals surface area contributed by atoms with Crippen LogP contribution in [0.2, 0.25) is 0 Å². The molecule has 1 rings (SSSR count). The van der Waals surface area contributed by atoms with Gasteiger partial charge in [-0.3, -0.25) is 4.79 Å². The summed E-state index contributed by atoms with van der Waals surface area (Å²) in [6.07, 6.45) is 1.94. The molecule has 0 spiro atoms. The lowest BCUT2D eigenvalue weighted by Gasteiger charge is -2.08. The average Bonchev–Trinajstić information content (AvgIpc) is 2.37. The van der Waals surface area contributed by atoms with Crippen molar-refractivity contribution in [2.75, 3.05) is 5.73 Å². The molecule has 0 aliphatic rings. The fourth-order valence-corrected chi connectivity index (χ4v) is 0.917. The third kappa shape index (κ3) is 1.52. The van der Waals surface area contributed by atoms with Crippen LogP contribution in [-0.2, 0) is 4.79 Å². The Morgan fingerprint density at radius 2 is 2.50 bits per heavy atom. The van der Waals surface area contributed by atoms with Crippen molar-refractivity contribution in [3.05, 3.63) is 6.20 Å². The molecule has 4 N–H and O–H groups in total. The summed E-state index contributed by atoms with van der Waals surface area (Å²) in [5.74, 6) is -0.164. The van der Waals surface area contributed by atoms with Crippen molar-refractivity contribution in [2.45, 2.75) is 19.4 Å². The van der Waals surface area contributed by atoms with Crippen molar-refractivity contribution >= 4 is 11.7 Å². The third-order valence-corrected chi connectivity index (χ3v) is 1.52. The number of amides is 1. The largest absolute Gasteiger partial charge is 0.381 e. The predicted octanol–water partition coefficient (Wildman–Crippen LogP) is -0.703. The smallest absolute Gasteiger partial charge is 0.244 e. The number of nitrogens with zero attached hydrogens (tertiary/aromatic N) is 3. The molecular formula is C6H11N5O. The molecule has 6 heteroatoms. The third-order valence-electron chi connectivity index (χ3n) is 1.52. The van der Waals surface area contributed by atoms with Crippen LogP contribution in [-0.4, -0.2) is 20.9 Å². The van der Waals surface area contributed by atoms with Crippen LogP contribution in [0, 0.1) is 0 Å². The van der Waals surface area contributed by atoms with Crippen molar-refractivity contribution in [3.8, 4) is 0 Å². The first-order valence-corrected chi connectivity index (χ1v) is 3.61. The molecule has 6 nitrogen and oxygen atoms in total. The average molecular weight is 169 g/mol. The zero-order valence-corrected chi connectivity index (χ0v) is 6.77. The lowest BCUT2D eigenvalue weighted by Crippen LogP contribution is -2.27. The van der Waals surface area contributed by atoms with E-state index in [9.17, 15) is 4.79 Å². The van der Waals surface area contributed by atoms with Gasteiger partial charge in [0.2, 0.25) is 5.91 Å². The fraction of sp³-hybridized carbons (Fsp3) is 0.500. The van der Waals surface area contributed by atoms with Crippen molar-refractivity contribution in [1.29, 1.82) is 0 Å². The van der Waals surface area contributed by atoms with Crippen molar-refractivity contribution < 1.29 is 4.79 Å². The van der Waals surface area contributed by atoms with Crippen LogP contribution in [0.4, 0.5) is 5.82 Å². The number of rotatable bonds is 3. The van der Waals surface area contributed by atoms with Gasteiger partial charge in [-0.1, -0.05) is 6.92 Å². The summed E-state index contributed by atoms with van der Waals surface area (Å²) in [6.45, 7) is 1.83. The molecule has 0 fully saturated rings. The van der Waals surface area contributed by atoms with Gasteiger partial charge in [-0.05, 0) is 6.42 Å². The highest BCUT2D eigenvalue weighted by atomic mass is 16.1. The highest BCUT2D eigenvalue weighted by molar-refractivity contribution is 5.77. The number of aromatic nitrogens is 3. The minimum Gasteiger partial charge on any atom is -0.381 e. The van der Waals surface area contributed by atoms with E-state index in [1.54, 1.807) is 0 Å². The molecule has 0 aliphatic carbocycles. The molecule has 0 aromatic carbocycles. The maximum atomic E-state index is 10.8. The van der Waals surface area contributed by atoms with E-state index in [2.05, 4.69) is 10.2 Å². The minimum absolute atomic E-state index is 0.287. The van der Waals surface area contributed by atoms with Crippen molar-refractivity contribution in [3.63, 3.8) is 0 Å². The topological polar surface area (TPSA) is 99.8 Å². The Kier molecular flexibility index (Phi) is 2.27. The van der Waals surface area contributed by atoms with Gasteiger partial charge in [0.1, 0.15) is 6.04 Å². The maximum Gasteiger partial charge on any atom is 0.244 e. The molecular weight excluding hydrogens is 158 g/mol. The van der Waals surface area contributed by atoms with Crippen LogP contribution in [0.1, 0.15) is 19.4 Å². The van der Waals surface area contributed by atoms with Crippen LogP contribution in [0.15, 0.2) is 6.20 Å². The summed E-state index contributed by atoms with van der Waals surface area (Å²) in [6, 6.07) is -0.498. The second-order valence-corrected chi connectivity index (χ2v) is 2.42. The van der Waals surface area contributed by atoms with E-state index in [4.69, 9.17) is 11.5 Å². The summed E-state index contributed by atoms with van der Waals surface area (Å²) in [7, 11) is 0. The molecule has 66 valence electrons. The molecule has 1 aromatic rings. The predicted molar refractivity (Wildman–Crippen MR) is 43.0 cm³/mol. The number of carbonyl (C=O) groups excluding carboxylic acids is 1. The second kappa shape index (κ2) is 3.21. The summed E-state index contributed by atoms with van der Waals surface area (Å²) in [5.41, 5.74) is 10.4. The van der Waals surface area contributed by atoms with Crippen LogP contribution in [0.3, 0.4) is 0 Å². The Bertz CT molecular complexity index is 281. The van der Waals surface area contributed by atoms with Gasteiger partial charge in [0.25, 0.3) is 0 Å². The molecule has 0 bridgehead atoms. The molecule has 0 aliphatic heterocycles. The van der Waals surface area contributed by atoms with E-state index in [-0.39, 0.29) is 5.82 Å². The van der Waals surface area contributed by atoms with Gasteiger partial charge in [-0.25, -0.2) is 0 Å². The molecule has 0 saturated heterocycles. The molecule has 0 saturated carbocycles. The number of primary amides is 1. The van der Waals surface area contributed by atoms with Crippen LogP contribution in [0.25, 0.3) is 0 Å². The molecule has 1 unspecified atom stereocenters. The molecule has 1 aromatic heterocycles. The normalized spacial score (nSPS) is 12.8. The first kappa shape index (κ1) is 8.51. The first-order valence-electron chi connectivity index (χ1n) is 3.61. The van der Waals surface area contributed by atoms with Gasteiger partial charge in [-0.2, -0.15) is 9.90 Å². The summed E-state index contributed by atoms with van der Waals surface area (Å²) in [5, 5.41) is 7.57. The second-order valence-electron chi connectivity index (χ2n) is 2.42. The molecule has 0 radical (unpaired) electrons. The van der Waals surface area contributed by atoms with Gasteiger partial charge < -0.3 is 11.5 Å². The first-order chi connectivity index (χ1) is 5.65. The molecule has 1 atom stereocenters. The number of nitrogen functional groups attached to an aromatic ring is 1. The Labute approximate surface area is 69.5 Å².